The maximum Gasteiger partial charge on any atom is 0.270 e. The third-order valence-electron chi connectivity index (χ3n) is 3.23. The van der Waals surface area contributed by atoms with Crippen LogP contribution in [0.5, 0.6) is 0 Å². The zero-order valence-corrected chi connectivity index (χ0v) is 13.1. The van der Waals surface area contributed by atoms with Crippen LogP contribution < -0.4 is 10.6 Å². The molecule has 1 atom stereocenters. The Balaban J connectivity index is 2.05. The quantitative estimate of drug-likeness (QED) is 0.855. The van der Waals surface area contributed by atoms with Crippen molar-refractivity contribution in [3.05, 3.63) is 47.7 Å². The highest BCUT2D eigenvalue weighted by Gasteiger charge is 2.11. The van der Waals surface area contributed by atoms with Crippen molar-refractivity contribution in [2.24, 2.45) is 0 Å². The van der Waals surface area contributed by atoms with Crippen LogP contribution in [0.3, 0.4) is 0 Å². The van der Waals surface area contributed by atoms with Crippen molar-refractivity contribution in [1.29, 1.82) is 0 Å². The highest BCUT2D eigenvalue weighted by atomic mass is 16.1. The fourth-order valence-corrected chi connectivity index (χ4v) is 1.88. The van der Waals surface area contributed by atoms with Crippen LogP contribution in [0.15, 0.2) is 30.5 Å². The minimum absolute atomic E-state index is 0.233. The lowest BCUT2D eigenvalue weighted by Gasteiger charge is -2.13. The van der Waals surface area contributed by atoms with Crippen LogP contribution in [0.25, 0.3) is 0 Å². The summed E-state index contributed by atoms with van der Waals surface area (Å²) in [6, 6.07) is 7.55. The molecule has 0 saturated heterocycles. The molecular weight excluding hydrogens is 278 g/mol. The van der Waals surface area contributed by atoms with Gasteiger partial charge in [-0.25, -0.2) is 9.97 Å². The smallest absolute Gasteiger partial charge is 0.270 e. The monoisotopic (exact) mass is 299 g/mol. The molecule has 1 amide bonds. The van der Waals surface area contributed by atoms with E-state index in [0.29, 0.717) is 29.9 Å². The number of rotatable bonds is 6. The van der Waals surface area contributed by atoms with Crippen molar-refractivity contribution in [3.63, 3.8) is 0 Å². The predicted octanol–water partition coefficient (Wildman–Crippen LogP) is 2.32. The first-order valence-electron chi connectivity index (χ1n) is 7.38. The first-order valence-corrected chi connectivity index (χ1v) is 7.38. The Labute approximate surface area is 130 Å². The number of nitrogens with zero attached hydrogens (tertiary/aromatic N) is 3. The Morgan fingerprint density at radius 2 is 2.14 bits per heavy atom. The molecule has 0 saturated carbocycles. The van der Waals surface area contributed by atoms with Gasteiger partial charge in [0.1, 0.15) is 17.3 Å². The number of aryl methyl sites for hydroxylation is 1. The zero-order valence-electron chi connectivity index (χ0n) is 13.1. The van der Waals surface area contributed by atoms with Gasteiger partial charge in [0.05, 0.1) is 12.2 Å². The van der Waals surface area contributed by atoms with Gasteiger partial charge in [0.15, 0.2) is 0 Å². The number of amides is 1. The molecule has 0 radical (unpaired) electrons. The third-order valence-corrected chi connectivity index (χ3v) is 3.23. The summed E-state index contributed by atoms with van der Waals surface area (Å²) >= 11 is 0. The lowest BCUT2D eigenvalue weighted by molar-refractivity contribution is 0.0945. The van der Waals surface area contributed by atoms with Gasteiger partial charge < -0.3 is 10.6 Å². The maximum absolute atomic E-state index is 12.2. The summed E-state index contributed by atoms with van der Waals surface area (Å²) in [5, 5.41) is 6.08. The van der Waals surface area contributed by atoms with E-state index in [1.807, 2.05) is 18.2 Å². The van der Waals surface area contributed by atoms with E-state index < -0.39 is 0 Å². The molecule has 2 aromatic rings. The molecule has 0 aliphatic heterocycles. The molecular formula is C16H21N5O. The molecule has 2 aromatic heterocycles. The molecule has 0 bridgehead atoms. The van der Waals surface area contributed by atoms with Gasteiger partial charge in [-0.3, -0.25) is 9.78 Å². The zero-order chi connectivity index (χ0) is 15.9. The van der Waals surface area contributed by atoms with E-state index in [0.717, 1.165) is 12.1 Å². The van der Waals surface area contributed by atoms with E-state index in [-0.39, 0.29) is 5.91 Å². The van der Waals surface area contributed by atoms with E-state index in [4.69, 9.17) is 0 Å². The minimum atomic E-state index is -0.233. The molecule has 1 unspecified atom stereocenters. The third kappa shape index (κ3) is 4.51. The molecule has 22 heavy (non-hydrogen) atoms. The van der Waals surface area contributed by atoms with Crippen LogP contribution in [0.1, 0.15) is 42.3 Å². The number of carbonyl (C=O) groups excluding carboxylic acids is 1. The van der Waals surface area contributed by atoms with Crippen LogP contribution in [0.2, 0.25) is 0 Å². The second kappa shape index (κ2) is 7.49. The minimum Gasteiger partial charge on any atom is -0.368 e. The molecule has 6 nitrogen and oxygen atoms in total. The SMILES string of the molecule is CCC(C)Nc1cc(C(=O)NCc2ccccn2)nc(C)n1. The molecule has 0 aliphatic rings. The molecule has 6 heteroatoms. The highest BCUT2D eigenvalue weighted by Crippen LogP contribution is 2.09. The van der Waals surface area contributed by atoms with Crippen LogP contribution in [-0.4, -0.2) is 26.9 Å². The van der Waals surface area contributed by atoms with Gasteiger partial charge in [0.25, 0.3) is 5.91 Å². The van der Waals surface area contributed by atoms with E-state index >= 15 is 0 Å². The molecule has 2 heterocycles. The summed E-state index contributed by atoms with van der Waals surface area (Å²) in [7, 11) is 0. The fourth-order valence-electron chi connectivity index (χ4n) is 1.88. The molecule has 0 spiro atoms. The summed E-state index contributed by atoms with van der Waals surface area (Å²) < 4.78 is 0. The normalized spacial score (nSPS) is 11.8. The van der Waals surface area contributed by atoms with Crippen molar-refractivity contribution in [2.75, 3.05) is 5.32 Å². The van der Waals surface area contributed by atoms with E-state index in [1.54, 1.807) is 19.2 Å². The molecule has 116 valence electrons. The topological polar surface area (TPSA) is 79.8 Å². The van der Waals surface area contributed by atoms with Crippen LogP contribution in [0.4, 0.5) is 5.82 Å². The standard InChI is InChI=1S/C16H21N5O/c1-4-11(2)19-15-9-14(20-12(3)21-15)16(22)18-10-13-7-5-6-8-17-13/h5-9,11H,4,10H2,1-3H3,(H,18,22)(H,19,20,21). The number of pyridine rings is 1. The Morgan fingerprint density at radius 3 is 2.82 bits per heavy atom. The van der Waals surface area contributed by atoms with Crippen molar-refractivity contribution >= 4 is 11.7 Å². The lowest BCUT2D eigenvalue weighted by atomic mass is 10.2. The van der Waals surface area contributed by atoms with Gasteiger partial charge >= 0.3 is 0 Å². The van der Waals surface area contributed by atoms with Gasteiger partial charge in [0.2, 0.25) is 0 Å². The summed E-state index contributed by atoms with van der Waals surface area (Å²) in [6.07, 6.45) is 2.68. The van der Waals surface area contributed by atoms with E-state index in [1.165, 1.54) is 0 Å². The Bertz CT molecular complexity index is 630. The van der Waals surface area contributed by atoms with E-state index in [2.05, 4.69) is 39.4 Å². The van der Waals surface area contributed by atoms with Crippen molar-refractivity contribution in [3.8, 4) is 0 Å². The molecule has 0 fully saturated rings. The largest absolute Gasteiger partial charge is 0.368 e. The van der Waals surface area contributed by atoms with Crippen molar-refractivity contribution in [1.82, 2.24) is 20.3 Å². The number of nitrogens with one attached hydrogen (secondary N) is 2. The Kier molecular flexibility index (Phi) is 5.41. The van der Waals surface area contributed by atoms with Crippen LogP contribution >= 0.6 is 0 Å². The molecule has 0 aromatic carbocycles. The van der Waals surface area contributed by atoms with Gasteiger partial charge in [0, 0.05) is 18.3 Å². The van der Waals surface area contributed by atoms with Gasteiger partial charge in [-0.2, -0.15) is 0 Å². The summed E-state index contributed by atoms with van der Waals surface area (Å²) in [6.45, 7) is 6.30. The summed E-state index contributed by atoms with van der Waals surface area (Å²) in [5.41, 5.74) is 1.16. The fraction of sp³-hybridized carbons (Fsp3) is 0.375. The molecule has 2 rings (SSSR count). The number of carbonyl (C=O) groups is 1. The summed E-state index contributed by atoms with van der Waals surface area (Å²) in [4.78, 5) is 24.9. The highest BCUT2D eigenvalue weighted by molar-refractivity contribution is 5.92. The Hall–Kier alpha value is -2.50. The number of aromatic nitrogens is 3. The van der Waals surface area contributed by atoms with Gasteiger partial charge in [-0.1, -0.05) is 13.0 Å². The number of anilines is 1. The average molecular weight is 299 g/mol. The predicted molar refractivity (Wildman–Crippen MR) is 85.6 cm³/mol. The first kappa shape index (κ1) is 15.9. The van der Waals surface area contributed by atoms with Crippen LogP contribution in [-0.2, 0) is 6.54 Å². The summed E-state index contributed by atoms with van der Waals surface area (Å²) in [5.74, 6) is 1.00. The van der Waals surface area contributed by atoms with Gasteiger partial charge in [-0.15, -0.1) is 0 Å². The Morgan fingerprint density at radius 1 is 1.32 bits per heavy atom. The lowest BCUT2D eigenvalue weighted by Crippen LogP contribution is -2.25. The molecule has 2 N–H and O–H groups in total. The maximum atomic E-state index is 12.2. The number of hydrogen-bond donors (Lipinski definition) is 2. The van der Waals surface area contributed by atoms with Crippen LogP contribution in [0, 0.1) is 6.92 Å². The van der Waals surface area contributed by atoms with E-state index in [9.17, 15) is 4.79 Å². The van der Waals surface area contributed by atoms with Crippen molar-refractivity contribution in [2.45, 2.75) is 39.8 Å². The van der Waals surface area contributed by atoms with Crippen molar-refractivity contribution < 1.29 is 4.79 Å². The molecule has 0 aliphatic carbocycles. The second-order valence-corrected chi connectivity index (χ2v) is 5.14. The van der Waals surface area contributed by atoms with Gasteiger partial charge in [-0.05, 0) is 32.4 Å². The average Bonchev–Trinajstić information content (AvgIpc) is 2.52. The number of hydrogen-bond acceptors (Lipinski definition) is 5. The first-order chi connectivity index (χ1) is 10.6. The second-order valence-electron chi connectivity index (χ2n) is 5.14.